The molecule has 1 aromatic rings. The van der Waals surface area contributed by atoms with Gasteiger partial charge in [-0.15, -0.1) is 11.3 Å². The highest BCUT2D eigenvalue weighted by atomic mass is 32.1. The van der Waals surface area contributed by atoms with E-state index in [0.717, 1.165) is 11.3 Å². The van der Waals surface area contributed by atoms with E-state index in [2.05, 4.69) is 0 Å². The van der Waals surface area contributed by atoms with E-state index in [0.29, 0.717) is 42.0 Å². The standard InChI is InChI=1S/C15H19N3O4S/c1-3-18-13(19)12(10-17-5-7-21-8-6-17)23-14(18)11(9-16)15(20)22-4-2/h10H,3-8H2,1-2H3. The number of carbonyl (C=O) groups excluding carboxylic acids is 1. The van der Waals surface area contributed by atoms with Crippen LogP contribution in [0.3, 0.4) is 0 Å². The van der Waals surface area contributed by atoms with Crippen LogP contribution >= 0.6 is 11.3 Å². The molecule has 0 atom stereocenters. The molecule has 7 nitrogen and oxygen atoms in total. The summed E-state index contributed by atoms with van der Waals surface area (Å²) >= 11 is 1.14. The van der Waals surface area contributed by atoms with E-state index in [1.165, 1.54) is 4.57 Å². The lowest BCUT2D eigenvalue weighted by atomic mass is 10.3. The predicted octanol–water partition coefficient (Wildman–Crippen LogP) is -0.763. The largest absolute Gasteiger partial charge is 0.462 e. The molecule has 1 saturated heterocycles. The number of esters is 1. The minimum atomic E-state index is -0.698. The first-order chi connectivity index (χ1) is 11.1. The molecule has 0 unspecified atom stereocenters. The smallest absolute Gasteiger partial charge is 0.351 e. The van der Waals surface area contributed by atoms with Gasteiger partial charge in [-0.05, 0) is 13.8 Å². The predicted molar refractivity (Wildman–Crippen MR) is 86.0 cm³/mol. The molecule has 0 aliphatic carbocycles. The Morgan fingerprint density at radius 1 is 1.43 bits per heavy atom. The molecule has 2 heterocycles. The Bertz CT molecular complexity index is 781. The third-order valence-electron chi connectivity index (χ3n) is 3.37. The second kappa shape index (κ2) is 7.94. The number of ether oxygens (including phenoxy) is 2. The van der Waals surface area contributed by atoms with Crippen molar-refractivity contribution in [1.82, 2.24) is 9.47 Å². The first kappa shape index (κ1) is 17.2. The van der Waals surface area contributed by atoms with Gasteiger partial charge in [-0.1, -0.05) is 0 Å². The van der Waals surface area contributed by atoms with Crippen LogP contribution in [0.5, 0.6) is 0 Å². The molecule has 0 spiro atoms. The molecule has 1 aliphatic rings. The molecule has 8 heteroatoms. The molecule has 2 rings (SSSR count). The van der Waals surface area contributed by atoms with Gasteiger partial charge in [0.05, 0.1) is 19.8 Å². The molecule has 1 aliphatic heterocycles. The third-order valence-corrected chi connectivity index (χ3v) is 4.49. The Hall–Kier alpha value is -2.11. The number of carbonyl (C=O) groups is 1. The summed E-state index contributed by atoms with van der Waals surface area (Å²) in [6.07, 6.45) is 1.78. The van der Waals surface area contributed by atoms with Crippen molar-refractivity contribution in [2.24, 2.45) is 0 Å². The lowest BCUT2D eigenvalue weighted by Gasteiger charge is -2.24. The Morgan fingerprint density at radius 2 is 2.13 bits per heavy atom. The van der Waals surface area contributed by atoms with Gasteiger partial charge in [0.2, 0.25) is 0 Å². The van der Waals surface area contributed by atoms with Crippen molar-refractivity contribution in [3.8, 4) is 6.07 Å². The van der Waals surface area contributed by atoms with Gasteiger partial charge in [-0.3, -0.25) is 9.36 Å². The summed E-state index contributed by atoms with van der Waals surface area (Å²) in [5.41, 5.74) is -0.325. The Labute approximate surface area is 137 Å². The van der Waals surface area contributed by atoms with Crippen LogP contribution in [0.15, 0.2) is 4.79 Å². The highest BCUT2D eigenvalue weighted by Gasteiger charge is 2.16. The summed E-state index contributed by atoms with van der Waals surface area (Å²) in [5.74, 6) is -0.698. The molecule has 1 aromatic heterocycles. The molecule has 0 N–H and O–H groups in total. The average molecular weight is 337 g/mol. The summed E-state index contributed by atoms with van der Waals surface area (Å²) in [4.78, 5) is 26.4. The zero-order valence-corrected chi connectivity index (χ0v) is 14.0. The number of hydrogen-bond acceptors (Lipinski definition) is 7. The number of rotatable bonds is 4. The molecule has 0 saturated carbocycles. The van der Waals surface area contributed by atoms with Gasteiger partial charge in [-0.25, -0.2) is 4.79 Å². The minimum Gasteiger partial charge on any atom is -0.462 e. The number of hydrogen-bond donors (Lipinski definition) is 0. The highest BCUT2D eigenvalue weighted by Crippen LogP contribution is 1.99. The first-order valence-electron chi connectivity index (χ1n) is 7.47. The molecular weight excluding hydrogens is 318 g/mol. The Kier molecular flexibility index (Phi) is 5.96. The van der Waals surface area contributed by atoms with Crippen molar-refractivity contribution in [2.75, 3.05) is 32.9 Å². The van der Waals surface area contributed by atoms with E-state index in [4.69, 9.17) is 9.47 Å². The fourth-order valence-corrected chi connectivity index (χ4v) is 3.40. The van der Waals surface area contributed by atoms with Crippen molar-refractivity contribution in [1.29, 1.82) is 5.26 Å². The fraction of sp³-hybridized carbons (Fsp3) is 0.533. The quantitative estimate of drug-likeness (QED) is 0.672. The van der Waals surface area contributed by atoms with Crippen molar-refractivity contribution in [3.63, 3.8) is 0 Å². The minimum absolute atomic E-state index is 0.127. The van der Waals surface area contributed by atoms with Crippen LogP contribution in [0, 0.1) is 11.3 Å². The van der Waals surface area contributed by atoms with Crippen LogP contribution < -0.4 is 14.8 Å². The SMILES string of the molecule is CCOC(=O)C(C#N)=c1sc(=CN2CCOCC2)c(=O)n1CC. The zero-order valence-electron chi connectivity index (χ0n) is 13.2. The van der Waals surface area contributed by atoms with Crippen molar-refractivity contribution < 1.29 is 14.3 Å². The van der Waals surface area contributed by atoms with Crippen LogP contribution in [0.2, 0.25) is 0 Å². The molecular formula is C15H19N3O4S. The monoisotopic (exact) mass is 337 g/mol. The third kappa shape index (κ3) is 3.81. The summed E-state index contributed by atoms with van der Waals surface area (Å²) in [7, 11) is 0. The number of nitriles is 1. The first-order valence-corrected chi connectivity index (χ1v) is 8.28. The molecule has 1 fully saturated rings. The van der Waals surface area contributed by atoms with Gasteiger partial charge >= 0.3 is 5.97 Å². The number of aromatic nitrogens is 1. The normalized spacial score (nSPS) is 16.9. The van der Waals surface area contributed by atoms with E-state index < -0.39 is 5.97 Å². The second-order valence-electron chi connectivity index (χ2n) is 4.81. The Balaban J connectivity index is 2.60. The summed E-state index contributed by atoms with van der Waals surface area (Å²) in [6.45, 7) is 6.70. The van der Waals surface area contributed by atoms with Crippen molar-refractivity contribution in [2.45, 2.75) is 20.4 Å². The van der Waals surface area contributed by atoms with Crippen LogP contribution in [-0.2, 0) is 20.8 Å². The summed E-state index contributed by atoms with van der Waals surface area (Å²) in [5, 5.41) is 9.28. The zero-order chi connectivity index (χ0) is 16.8. The average Bonchev–Trinajstić information content (AvgIpc) is 2.85. The van der Waals surface area contributed by atoms with Gasteiger partial charge in [-0.2, -0.15) is 5.26 Å². The number of thiazole rings is 1. The number of nitrogens with zero attached hydrogens (tertiary/aromatic N) is 3. The maximum atomic E-state index is 12.5. The van der Waals surface area contributed by atoms with Gasteiger partial charge in [0.15, 0.2) is 5.57 Å². The molecule has 0 radical (unpaired) electrons. The highest BCUT2D eigenvalue weighted by molar-refractivity contribution is 7.07. The lowest BCUT2D eigenvalue weighted by molar-refractivity contribution is -0.136. The summed E-state index contributed by atoms with van der Waals surface area (Å²) < 4.78 is 12.5. The van der Waals surface area contributed by atoms with Crippen molar-refractivity contribution in [3.05, 3.63) is 19.5 Å². The van der Waals surface area contributed by atoms with Crippen LogP contribution in [0.25, 0.3) is 11.8 Å². The Morgan fingerprint density at radius 3 is 2.70 bits per heavy atom. The molecule has 0 bridgehead atoms. The van der Waals surface area contributed by atoms with Crippen LogP contribution in [0.4, 0.5) is 0 Å². The van der Waals surface area contributed by atoms with E-state index in [1.54, 1.807) is 20.0 Å². The van der Waals surface area contributed by atoms with Crippen LogP contribution in [0.1, 0.15) is 13.8 Å². The molecule has 0 amide bonds. The molecule has 0 aromatic carbocycles. The topological polar surface area (TPSA) is 84.6 Å². The second-order valence-corrected chi connectivity index (χ2v) is 5.84. The molecule has 23 heavy (non-hydrogen) atoms. The lowest BCUT2D eigenvalue weighted by Crippen LogP contribution is -2.37. The van der Waals surface area contributed by atoms with Gasteiger partial charge in [0, 0.05) is 25.8 Å². The van der Waals surface area contributed by atoms with Crippen molar-refractivity contribution >= 4 is 29.1 Å². The molecule has 124 valence electrons. The van der Waals surface area contributed by atoms with E-state index >= 15 is 0 Å². The number of morpholine rings is 1. The maximum absolute atomic E-state index is 12.5. The van der Waals surface area contributed by atoms with Crippen LogP contribution in [-0.4, -0.2) is 48.3 Å². The fourth-order valence-electron chi connectivity index (χ4n) is 2.24. The van der Waals surface area contributed by atoms with Gasteiger partial charge in [0.25, 0.3) is 5.56 Å². The maximum Gasteiger partial charge on any atom is 0.351 e. The summed E-state index contributed by atoms with van der Waals surface area (Å²) in [6, 6.07) is 1.87. The van der Waals surface area contributed by atoms with E-state index in [1.807, 2.05) is 11.0 Å². The van der Waals surface area contributed by atoms with Gasteiger partial charge < -0.3 is 14.4 Å². The van der Waals surface area contributed by atoms with E-state index in [-0.39, 0.29) is 17.7 Å². The van der Waals surface area contributed by atoms with E-state index in [9.17, 15) is 14.9 Å². The van der Waals surface area contributed by atoms with Gasteiger partial charge in [0.1, 0.15) is 15.3 Å².